The van der Waals surface area contributed by atoms with Crippen LogP contribution >= 0.6 is 11.6 Å². The highest BCUT2D eigenvalue weighted by Crippen LogP contribution is 2.38. The number of amides is 2. The van der Waals surface area contributed by atoms with E-state index in [9.17, 15) is 9.59 Å². The number of halogens is 1. The van der Waals surface area contributed by atoms with Crippen LogP contribution in [0.1, 0.15) is 34.8 Å². The highest BCUT2D eigenvalue weighted by Gasteiger charge is 2.31. The van der Waals surface area contributed by atoms with Crippen LogP contribution in [-0.4, -0.2) is 43.1 Å². The molecule has 7 nitrogen and oxygen atoms in total. The number of likely N-dealkylation sites (tertiary alicyclic amines) is 1. The number of rotatable bonds is 5. The molecule has 2 N–H and O–H groups in total. The van der Waals surface area contributed by atoms with Crippen LogP contribution in [0.25, 0.3) is 0 Å². The fraction of sp³-hybridized carbons (Fsp3) is 0.333. The molecule has 29 heavy (non-hydrogen) atoms. The van der Waals surface area contributed by atoms with Crippen molar-refractivity contribution >= 4 is 23.4 Å². The number of nitrogens with two attached hydrogens (primary N) is 1. The van der Waals surface area contributed by atoms with Crippen LogP contribution in [-0.2, 0) is 4.79 Å². The second-order valence-corrected chi connectivity index (χ2v) is 7.38. The van der Waals surface area contributed by atoms with Crippen molar-refractivity contribution in [2.45, 2.75) is 18.9 Å². The Kier molecular flexibility index (Phi) is 5.49. The molecule has 152 valence electrons. The van der Waals surface area contributed by atoms with Crippen molar-refractivity contribution in [1.82, 2.24) is 4.90 Å². The molecule has 1 fully saturated rings. The number of carbonyl (C=O) groups is 2. The summed E-state index contributed by atoms with van der Waals surface area (Å²) in [6.07, 6.45) is 1.75. The molecule has 2 amide bonds. The van der Waals surface area contributed by atoms with E-state index in [4.69, 9.17) is 31.5 Å². The second kappa shape index (κ2) is 8.21. The summed E-state index contributed by atoms with van der Waals surface area (Å²) in [5.74, 6) is 0.819. The van der Waals surface area contributed by atoms with Crippen LogP contribution in [0.15, 0.2) is 36.4 Å². The molecular formula is C21H21ClN2O5. The van der Waals surface area contributed by atoms with E-state index in [-0.39, 0.29) is 29.9 Å². The summed E-state index contributed by atoms with van der Waals surface area (Å²) >= 11 is 5.98. The van der Waals surface area contributed by atoms with Crippen molar-refractivity contribution in [3.8, 4) is 17.2 Å². The minimum Gasteiger partial charge on any atom is -0.486 e. The summed E-state index contributed by atoms with van der Waals surface area (Å²) in [6, 6.07) is 10.2. The third kappa shape index (κ3) is 4.10. The smallest absolute Gasteiger partial charge is 0.261 e. The minimum absolute atomic E-state index is 0.0584. The van der Waals surface area contributed by atoms with Crippen molar-refractivity contribution in [2.75, 3.05) is 26.4 Å². The molecule has 4 rings (SSSR count). The number of fused-ring (bicyclic) bond motifs is 1. The van der Waals surface area contributed by atoms with Crippen LogP contribution in [0.5, 0.6) is 17.2 Å². The van der Waals surface area contributed by atoms with Crippen molar-refractivity contribution < 1.29 is 23.8 Å². The molecule has 0 spiro atoms. The molecule has 0 bridgehead atoms. The molecule has 0 radical (unpaired) electrons. The quantitative estimate of drug-likeness (QED) is 0.809. The number of benzene rings is 2. The average molecular weight is 417 g/mol. The number of hydrogen-bond donors (Lipinski definition) is 1. The lowest BCUT2D eigenvalue weighted by molar-refractivity contribution is -0.134. The topological polar surface area (TPSA) is 91.1 Å². The summed E-state index contributed by atoms with van der Waals surface area (Å²) in [5.41, 5.74) is 6.56. The zero-order valence-corrected chi connectivity index (χ0v) is 16.5. The Morgan fingerprint density at radius 3 is 2.72 bits per heavy atom. The molecule has 2 aromatic rings. The standard InChI is InChI=1S/C21H21ClN2O5/c22-14-4-5-15(21(23)26)18(11-14)29-12-20(25)24-7-1-2-16(24)13-3-6-17-19(10-13)28-9-8-27-17/h3-6,10-11,16H,1-2,7-9,12H2,(H2,23,26). The van der Waals surface area contributed by atoms with Crippen LogP contribution in [0.2, 0.25) is 5.02 Å². The number of primary amides is 1. The highest BCUT2D eigenvalue weighted by molar-refractivity contribution is 6.30. The molecular weight excluding hydrogens is 396 g/mol. The number of ether oxygens (including phenoxy) is 3. The molecule has 1 unspecified atom stereocenters. The lowest BCUT2D eigenvalue weighted by Gasteiger charge is -2.27. The van der Waals surface area contributed by atoms with E-state index < -0.39 is 5.91 Å². The average Bonchev–Trinajstić information content (AvgIpc) is 3.21. The van der Waals surface area contributed by atoms with Gasteiger partial charge in [-0.3, -0.25) is 9.59 Å². The van der Waals surface area contributed by atoms with E-state index in [1.165, 1.54) is 12.1 Å². The maximum Gasteiger partial charge on any atom is 0.261 e. The first-order valence-electron chi connectivity index (χ1n) is 9.44. The Bertz CT molecular complexity index is 949. The molecule has 0 aromatic heterocycles. The van der Waals surface area contributed by atoms with Gasteiger partial charge in [0.2, 0.25) is 0 Å². The predicted molar refractivity (Wildman–Crippen MR) is 107 cm³/mol. The van der Waals surface area contributed by atoms with Gasteiger partial charge in [0.25, 0.3) is 11.8 Å². The summed E-state index contributed by atoms with van der Waals surface area (Å²) in [4.78, 5) is 26.2. The van der Waals surface area contributed by atoms with Crippen molar-refractivity contribution in [1.29, 1.82) is 0 Å². The van der Waals surface area contributed by atoms with E-state index in [0.717, 1.165) is 24.2 Å². The Hall–Kier alpha value is -2.93. The third-order valence-corrected chi connectivity index (χ3v) is 5.32. The van der Waals surface area contributed by atoms with Gasteiger partial charge in [0.05, 0.1) is 11.6 Å². The zero-order chi connectivity index (χ0) is 20.4. The van der Waals surface area contributed by atoms with Gasteiger partial charge >= 0.3 is 0 Å². The fourth-order valence-corrected chi connectivity index (χ4v) is 3.88. The van der Waals surface area contributed by atoms with E-state index in [0.29, 0.717) is 30.5 Å². The van der Waals surface area contributed by atoms with Crippen LogP contribution in [0, 0.1) is 0 Å². The zero-order valence-electron chi connectivity index (χ0n) is 15.7. The van der Waals surface area contributed by atoms with Gasteiger partial charge in [0.15, 0.2) is 18.1 Å². The predicted octanol–water partition coefficient (Wildman–Crippen LogP) is 2.95. The SMILES string of the molecule is NC(=O)c1ccc(Cl)cc1OCC(=O)N1CCCC1c1ccc2c(c1)OCCO2. The number of nitrogens with zero attached hydrogens (tertiary/aromatic N) is 1. The normalized spacial score (nSPS) is 17.8. The first kappa shape index (κ1) is 19.4. The van der Waals surface area contributed by atoms with Crippen molar-refractivity contribution in [3.63, 3.8) is 0 Å². The van der Waals surface area contributed by atoms with Gasteiger partial charge in [0, 0.05) is 11.6 Å². The van der Waals surface area contributed by atoms with Gasteiger partial charge in [0.1, 0.15) is 19.0 Å². The largest absolute Gasteiger partial charge is 0.486 e. The van der Waals surface area contributed by atoms with Gasteiger partial charge in [-0.25, -0.2) is 0 Å². The van der Waals surface area contributed by atoms with Gasteiger partial charge in [-0.05, 0) is 48.7 Å². The Labute approximate surface area is 173 Å². The maximum atomic E-state index is 12.9. The molecule has 2 aliphatic heterocycles. The van der Waals surface area contributed by atoms with Gasteiger partial charge in [-0.2, -0.15) is 0 Å². The van der Waals surface area contributed by atoms with Crippen molar-refractivity contribution in [2.24, 2.45) is 5.73 Å². The van der Waals surface area contributed by atoms with E-state index >= 15 is 0 Å². The second-order valence-electron chi connectivity index (χ2n) is 6.94. The molecule has 8 heteroatoms. The maximum absolute atomic E-state index is 12.9. The monoisotopic (exact) mass is 416 g/mol. The fourth-order valence-electron chi connectivity index (χ4n) is 3.72. The first-order chi connectivity index (χ1) is 14.0. The van der Waals surface area contributed by atoms with E-state index in [1.54, 1.807) is 11.0 Å². The molecule has 0 aliphatic carbocycles. The van der Waals surface area contributed by atoms with Gasteiger partial charge in [-0.15, -0.1) is 0 Å². The molecule has 2 aromatic carbocycles. The third-order valence-electron chi connectivity index (χ3n) is 5.08. The van der Waals surface area contributed by atoms with E-state index in [1.807, 2.05) is 18.2 Å². The van der Waals surface area contributed by atoms with Crippen LogP contribution < -0.4 is 19.9 Å². The van der Waals surface area contributed by atoms with E-state index in [2.05, 4.69) is 0 Å². The summed E-state index contributed by atoms with van der Waals surface area (Å²) in [7, 11) is 0. The molecule has 1 saturated heterocycles. The summed E-state index contributed by atoms with van der Waals surface area (Å²) in [5, 5.41) is 0.396. The van der Waals surface area contributed by atoms with Crippen LogP contribution in [0.3, 0.4) is 0 Å². The molecule has 2 heterocycles. The van der Waals surface area contributed by atoms with Crippen LogP contribution in [0.4, 0.5) is 0 Å². The van der Waals surface area contributed by atoms with Gasteiger partial charge in [-0.1, -0.05) is 17.7 Å². The molecule has 0 saturated carbocycles. The number of carbonyl (C=O) groups excluding carboxylic acids is 2. The van der Waals surface area contributed by atoms with Crippen molar-refractivity contribution in [3.05, 3.63) is 52.5 Å². The minimum atomic E-state index is -0.639. The summed E-state index contributed by atoms with van der Waals surface area (Å²) < 4.78 is 16.8. The molecule has 1 atom stereocenters. The Morgan fingerprint density at radius 2 is 1.93 bits per heavy atom. The Balaban J connectivity index is 1.47. The Morgan fingerprint density at radius 1 is 1.14 bits per heavy atom. The summed E-state index contributed by atoms with van der Waals surface area (Å²) in [6.45, 7) is 1.48. The lowest BCUT2D eigenvalue weighted by Crippen LogP contribution is -2.34. The first-order valence-corrected chi connectivity index (χ1v) is 9.82. The lowest BCUT2D eigenvalue weighted by atomic mass is 10.0. The number of hydrogen-bond acceptors (Lipinski definition) is 5. The van der Waals surface area contributed by atoms with Gasteiger partial charge < -0.3 is 24.8 Å². The molecule has 2 aliphatic rings. The highest BCUT2D eigenvalue weighted by atomic mass is 35.5.